The molecule has 0 unspecified atom stereocenters. The number of ether oxygens (including phenoxy) is 1. The molecule has 0 spiro atoms. The molecule has 0 aliphatic carbocycles. The first-order valence-electron chi connectivity index (χ1n) is 9.71. The maximum atomic E-state index is 13.8. The zero-order valence-corrected chi connectivity index (χ0v) is 17.6. The summed E-state index contributed by atoms with van der Waals surface area (Å²) in [5.41, 5.74) is -1.40. The highest BCUT2D eigenvalue weighted by Gasteiger charge is 2.39. The van der Waals surface area contributed by atoms with Crippen molar-refractivity contribution < 1.29 is 27.5 Å². The standard InChI is InChI=1S/C22H24F3N3O3/c1-13-19(29)28(12-14-8-6-5-7-9-14)17-10-15(22(23,24)25)16(11-18(17)31-13)26-20(30)27-21(2,3)4/h5-11,13H,12H2,1-4H3,(H2,26,27,30)/t13-/m1/s1. The van der Waals surface area contributed by atoms with E-state index in [4.69, 9.17) is 4.74 Å². The molecular weight excluding hydrogens is 411 g/mol. The van der Waals surface area contributed by atoms with Gasteiger partial charge < -0.3 is 20.3 Å². The molecule has 6 nitrogen and oxygen atoms in total. The first kappa shape index (κ1) is 22.5. The minimum atomic E-state index is -4.76. The lowest BCUT2D eigenvalue weighted by Gasteiger charge is -2.34. The van der Waals surface area contributed by atoms with Gasteiger partial charge in [-0.15, -0.1) is 0 Å². The number of nitrogens with one attached hydrogen (secondary N) is 2. The molecule has 1 aliphatic rings. The second kappa shape index (κ2) is 8.13. The number of amides is 3. The lowest BCUT2D eigenvalue weighted by atomic mass is 10.1. The number of fused-ring (bicyclic) bond motifs is 1. The number of benzene rings is 2. The number of halogens is 3. The second-order valence-electron chi connectivity index (χ2n) is 8.36. The molecule has 0 saturated heterocycles. The Bertz CT molecular complexity index is 985. The molecule has 0 fully saturated rings. The summed E-state index contributed by atoms with van der Waals surface area (Å²) in [5, 5.41) is 4.82. The van der Waals surface area contributed by atoms with Crippen molar-refractivity contribution in [3.8, 4) is 5.75 Å². The summed E-state index contributed by atoms with van der Waals surface area (Å²) in [6.07, 6.45) is -5.65. The highest BCUT2D eigenvalue weighted by atomic mass is 19.4. The Labute approximate surface area is 178 Å². The van der Waals surface area contributed by atoms with Crippen molar-refractivity contribution in [3.63, 3.8) is 0 Å². The van der Waals surface area contributed by atoms with Crippen LogP contribution in [0, 0.1) is 0 Å². The normalized spacial score (nSPS) is 16.4. The molecule has 31 heavy (non-hydrogen) atoms. The Morgan fingerprint density at radius 1 is 1.13 bits per heavy atom. The summed E-state index contributed by atoms with van der Waals surface area (Å²) < 4.78 is 47.0. The van der Waals surface area contributed by atoms with Gasteiger partial charge in [0.25, 0.3) is 5.91 Å². The van der Waals surface area contributed by atoms with Crippen molar-refractivity contribution in [1.82, 2.24) is 5.32 Å². The lowest BCUT2D eigenvalue weighted by Crippen LogP contribution is -2.44. The predicted molar refractivity (Wildman–Crippen MR) is 111 cm³/mol. The topological polar surface area (TPSA) is 70.7 Å². The number of anilines is 2. The van der Waals surface area contributed by atoms with Gasteiger partial charge in [-0.1, -0.05) is 30.3 Å². The average molecular weight is 435 g/mol. The van der Waals surface area contributed by atoms with Crippen LogP contribution in [0.25, 0.3) is 0 Å². The quantitative estimate of drug-likeness (QED) is 0.718. The monoisotopic (exact) mass is 435 g/mol. The average Bonchev–Trinajstić information content (AvgIpc) is 2.63. The van der Waals surface area contributed by atoms with Crippen molar-refractivity contribution in [2.24, 2.45) is 0 Å². The van der Waals surface area contributed by atoms with Crippen LogP contribution in [0.5, 0.6) is 5.75 Å². The number of hydrogen-bond donors (Lipinski definition) is 2. The number of alkyl halides is 3. The number of nitrogens with zero attached hydrogens (tertiary/aromatic N) is 1. The van der Waals surface area contributed by atoms with Crippen molar-refractivity contribution in [3.05, 3.63) is 53.6 Å². The largest absolute Gasteiger partial charge is 0.479 e. The molecule has 0 aromatic heterocycles. The summed E-state index contributed by atoms with van der Waals surface area (Å²) in [4.78, 5) is 26.2. The maximum Gasteiger partial charge on any atom is 0.418 e. The van der Waals surface area contributed by atoms with Crippen LogP contribution in [0.1, 0.15) is 38.8 Å². The van der Waals surface area contributed by atoms with E-state index in [2.05, 4.69) is 10.6 Å². The fraction of sp³-hybridized carbons (Fsp3) is 0.364. The van der Waals surface area contributed by atoms with E-state index in [1.54, 1.807) is 45.0 Å². The molecule has 1 atom stereocenters. The van der Waals surface area contributed by atoms with E-state index in [0.717, 1.165) is 17.7 Å². The van der Waals surface area contributed by atoms with Crippen LogP contribution < -0.4 is 20.3 Å². The molecule has 166 valence electrons. The van der Waals surface area contributed by atoms with E-state index in [0.29, 0.717) is 0 Å². The van der Waals surface area contributed by atoms with Crippen molar-refractivity contribution in [2.45, 2.75) is 52.1 Å². The number of carbonyl (C=O) groups is 2. The zero-order chi connectivity index (χ0) is 23.0. The van der Waals surface area contributed by atoms with Gasteiger partial charge in [-0.05, 0) is 39.3 Å². The summed E-state index contributed by atoms with van der Waals surface area (Å²) in [6, 6.07) is 10.1. The fourth-order valence-corrected chi connectivity index (χ4v) is 3.21. The number of carbonyl (C=O) groups excluding carboxylic acids is 2. The van der Waals surface area contributed by atoms with Crippen LogP contribution in [0.15, 0.2) is 42.5 Å². The van der Waals surface area contributed by atoms with Crippen molar-refractivity contribution >= 4 is 23.3 Å². The third-order valence-corrected chi connectivity index (χ3v) is 4.53. The molecule has 2 aromatic carbocycles. The minimum Gasteiger partial charge on any atom is -0.479 e. The molecular formula is C22H24F3N3O3. The molecule has 1 heterocycles. The predicted octanol–water partition coefficient (Wildman–Crippen LogP) is 4.94. The highest BCUT2D eigenvalue weighted by molar-refractivity contribution is 6.01. The molecule has 1 aliphatic heterocycles. The summed E-state index contributed by atoms with van der Waals surface area (Å²) in [6.45, 7) is 6.75. The lowest BCUT2D eigenvalue weighted by molar-refractivity contribution is -0.137. The van der Waals surface area contributed by atoms with E-state index >= 15 is 0 Å². The van der Waals surface area contributed by atoms with Gasteiger partial charge in [0.1, 0.15) is 5.75 Å². The van der Waals surface area contributed by atoms with Crippen LogP contribution in [-0.2, 0) is 17.5 Å². The molecule has 2 N–H and O–H groups in total. The minimum absolute atomic E-state index is 0.000979. The molecule has 0 saturated carbocycles. The molecule has 0 radical (unpaired) electrons. The second-order valence-corrected chi connectivity index (χ2v) is 8.36. The van der Waals surface area contributed by atoms with E-state index < -0.39 is 41.0 Å². The number of hydrogen-bond acceptors (Lipinski definition) is 3. The van der Waals surface area contributed by atoms with Gasteiger partial charge in [0.05, 0.1) is 23.5 Å². The van der Waals surface area contributed by atoms with Gasteiger partial charge in [-0.25, -0.2) is 4.79 Å². The van der Waals surface area contributed by atoms with Gasteiger partial charge in [0.2, 0.25) is 0 Å². The molecule has 2 aromatic rings. The third kappa shape index (κ3) is 5.28. The smallest absolute Gasteiger partial charge is 0.418 e. The van der Waals surface area contributed by atoms with Gasteiger partial charge in [-0.3, -0.25) is 4.79 Å². The van der Waals surface area contributed by atoms with E-state index in [9.17, 15) is 22.8 Å². The summed E-state index contributed by atoms with van der Waals surface area (Å²) >= 11 is 0. The van der Waals surface area contributed by atoms with E-state index in [1.807, 2.05) is 6.07 Å². The van der Waals surface area contributed by atoms with Crippen LogP contribution in [0.4, 0.5) is 29.3 Å². The number of urea groups is 1. The van der Waals surface area contributed by atoms with Gasteiger partial charge in [0.15, 0.2) is 6.10 Å². The molecule has 9 heteroatoms. The molecule has 0 bridgehead atoms. The Hall–Kier alpha value is -3.23. The van der Waals surface area contributed by atoms with Gasteiger partial charge in [0, 0.05) is 11.6 Å². The fourth-order valence-electron chi connectivity index (χ4n) is 3.21. The van der Waals surface area contributed by atoms with Crippen LogP contribution in [-0.4, -0.2) is 23.6 Å². The SMILES string of the molecule is C[C@H]1Oc2cc(NC(=O)NC(C)(C)C)c(C(F)(F)F)cc2N(Cc2ccccc2)C1=O. The van der Waals surface area contributed by atoms with Crippen molar-refractivity contribution in [2.75, 3.05) is 10.2 Å². The maximum absolute atomic E-state index is 13.8. The summed E-state index contributed by atoms with van der Waals surface area (Å²) in [7, 11) is 0. The summed E-state index contributed by atoms with van der Waals surface area (Å²) in [5.74, 6) is -0.363. The van der Waals surface area contributed by atoms with Crippen LogP contribution in [0.2, 0.25) is 0 Å². The first-order chi connectivity index (χ1) is 14.3. The molecule has 3 rings (SSSR count). The third-order valence-electron chi connectivity index (χ3n) is 4.53. The number of rotatable bonds is 3. The van der Waals surface area contributed by atoms with Gasteiger partial charge in [-0.2, -0.15) is 13.2 Å². The van der Waals surface area contributed by atoms with Gasteiger partial charge >= 0.3 is 12.2 Å². The highest BCUT2D eigenvalue weighted by Crippen LogP contribution is 2.44. The van der Waals surface area contributed by atoms with Crippen LogP contribution in [0.3, 0.4) is 0 Å². The Morgan fingerprint density at radius 3 is 2.35 bits per heavy atom. The first-order valence-corrected chi connectivity index (χ1v) is 9.71. The Morgan fingerprint density at radius 2 is 1.77 bits per heavy atom. The van der Waals surface area contributed by atoms with Crippen LogP contribution >= 0.6 is 0 Å². The Kier molecular flexibility index (Phi) is 5.89. The zero-order valence-electron chi connectivity index (χ0n) is 17.6. The Balaban J connectivity index is 2.05. The van der Waals surface area contributed by atoms with Crippen molar-refractivity contribution in [1.29, 1.82) is 0 Å². The van der Waals surface area contributed by atoms with E-state index in [-0.39, 0.29) is 18.0 Å². The molecule has 3 amide bonds. The van der Waals surface area contributed by atoms with E-state index in [1.165, 1.54) is 11.8 Å².